The van der Waals surface area contributed by atoms with Gasteiger partial charge in [0.05, 0.1) is 12.0 Å². The molecule has 3 nitrogen and oxygen atoms in total. The highest BCUT2D eigenvalue weighted by Crippen LogP contribution is 1.96. The number of nitriles is 1. The molecule has 1 atom stereocenters. The standard InChI is InChI=1S/C10H21N3/c1-4-12-6-7-13(5-2)9-10(3)8-11/h10,12H,4-7,9H2,1-3H3. The first-order valence-corrected chi connectivity index (χ1v) is 5.07. The van der Waals surface area contributed by atoms with Crippen molar-refractivity contribution in [2.45, 2.75) is 20.8 Å². The highest BCUT2D eigenvalue weighted by Gasteiger charge is 2.06. The molecule has 0 aromatic carbocycles. The molecule has 0 aliphatic carbocycles. The summed E-state index contributed by atoms with van der Waals surface area (Å²) in [7, 11) is 0. The second-order valence-electron chi connectivity index (χ2n) is 3.28. The molecule has 0 saturated carbocycles. The largest absolute Gasteiger partial charge is 0.316 e. The first kappa shape index (κ1) is 12.4. The molecule has 0 heterocycles. The zero-order chi connectivity index (χ0) is 10.1. The molecule has 0 aliphatic heterocycles. The van der Waals surface area contributed by atoms with Crippen LogP contribution in [0.3, 0.4) is 0 Å². The lowest BCUT2D eigenvalue weighted by atomic mass is 10.2. The Balaban J connectivity index is 3.58. The molecular formula is C10H21N3. The summed E-state index contributed by atoms with van der Waals surface area (Å²) in [5.41, 5.74) is 0. The van der Waals surface area contributed by atoms with E-state index in [0.29, 0.717) is 0 Å². The number of likely N-dealkylation sites (N-methyl/N-ethyl adjacent to an activating group) is 2. The summed E-state index contributed by atoms with van der Waals surface area (Å²) >= 11 is 0. The van der Waals surface area contributed by atoms with Gasteiger partial charge in [0, 0.05) is 19.6 Å². The number of nitrogens with one attached hydrogen (secondary N) is 1. The molecule has 0 aromatic heterocycles. The minimum atomic E-state index is 0.140. The van der Waals surface area contributed by atoms with Crippen molar-refractivity contribution in [2.24, 2.45) is 5.92 Å². The van der Waals surface area contributed by atoms with E-state index in [1.807, 2.05) is 6.92 Å². The van der Waals surface area contributed by atoms with Crippen LogP contribution in [0.25, 0.3) is 0 Å². The average molecular weight is 183 g/mol. The monoisotopic (exact) mass is 183 g/mol. The van der Waals surface area contributed by atoms with Gasteiger partial charge in [-0.3, -0.25) is 0 Å². The summed E-state index contributed by atoms with van der Waals surface area (Å²) < 4.78 is 0. The molecule has 3 heteroatoms. The minimum absolute atomic E-state index is 0.140. The van der Waals surface area contributed by atoms with Gasteiger partial charge in [-0.1, -0.05) is 13.8 Å². The Kier molecular flexibility index (Phi) is 7.66. The highest BCUT2D eigenvalue weighted by molar-refractivity contribution is 4.81. The van der Waals surface area contributed by atoms with Crippen LogP contribution in [-0.2, 0) is 0 Å². The number of nitrogens with zero attached hydrogens (tertiary/aromatic N) is 2. The Labute approximate surface area is 81.7 Å². The van der Waals surface area contributed by atoms with Crippen molar-refractivity contribution < 1.29 is 0 Å². The summed E-state index contributed by atoms with van der Waals surface area (Å²) in [5, 5.41) is 11.9. The van der Waals surface area contributed by atoms with Crippen molar-refractivity contribution in [3.63, 3.8) is 0 Å². The first-order valence-electron chi connectivity index (χ1n) is 5.07. The zero-order valence-corrected chi connectivity index (χ0v) is 9.01. The Morgan fingerprint density at radius 3 is 2.62 bits per heavy atom. The van der Waals surface area contributed by atoms with Crippen LogP contribution in [0.1, 0.15) is 20.8 Å². The third kappa shape index (κ3) is 6.56. The van der Waals surface area contributed by atoms with Crippen LogP contribution < -0.4 is 5.32 Å². The maximum absolute atomic E-state index is 8.66. The van der Waals surface area contributed by atoms with Gasteiger partial charge >= 0.3 is 0 Å². The van der Waals surface area contributed by atoms with Crippen LogP contribution in [0.2, 0.25) is 0 Å². The van der Waals surface area contributed by atoms with E-state index >= 15 is 0 Å². The van der Waals surface area contributed by atoms with E-state index < -0.39 is 0 Å². The van der Waals surface area contributed by atoms with Gasteiger partial charge < -0.3 is 10.2 Å². The van der Waals surface area contributed by atoms with Crippen LogP contribution in [0.5, 0.6) is 0 Å². The summed E-state index contributed by atoms with van der Waals surface area (Å²) in [4.78, 5) is 2.30. The van der Waals surface area contributed by atoms with Crippen LogP contribution >= 0.6 is 0 Å². The molecule has 0 aromatic rings. The Hall–Kier alpha value is -0.590. The van der Waals surface area contributed by atoms with Crippen molar-refractivity contribution in [1.29, 1.82) is 5.26 Å². The fourth-order valence-corrected chi connectivity index (χ4v) is 1.22. The van der Waals surface area contributed by atoms with E-state index in [9.17, 15) is 0 Å². The maximum atomic E-state index is 8.66. The van der Waals surface area contributed by atoms with Crippen molar-refractivity contribution in [3.05, 3.63) is 0 Å². The van der Waals surface area contributed by atoms with Crippen molar-refractivity contribution in [3.8, 4) is 6.07 Å². The molecule has 0 rings (SSSR count). The summed E-state index contributed by atoms with van der Waals surface area (Å²) in [6.45, 7) is 11.2. The smallest absolute Gasteiger partial charge is 0.0666 e. The van der Waals surface area contributed by atoms with E-state index in [0.717, 1.165) is 32.7 Å². The number of rotatable bonds is 7. The second kappa shape index (κ2) is 8.03. The van der Waals surface area contributed by atoms with Gasteiger partial charge in [0.15, 0.2) is 0 Å². The quantitative estimate of drug-likeness (QED) is 0.600. The maximum Gasteiger partial charge on any atom is 0.0666 e. The Morgan fingerprint density at radius 2 is 2.15 bits per heavy atom. The third-order valence-electron chi connectivity index (χ3n) is 2.05. The molecule has 13 heavy (non-hydrogen) atoms. The van der Waals surface area contributed by atoms with E-state index in [4.69, 9.17) is 5.26 Å². The molecule has 0 spiro atoms. The molecule has 1 N–H and O–H groups in total. The van der Waals surface area contributed by atoms with Crippen molar-refractivity contribution in [2.75, 3.05) is 32.7 Å². The summed E-state index contributed by atoms with van der Waals surface area (Å²) in [5.74, 6) is 0.140. The van der Waals surface area contributed by atoms with E-state index in [1.165, 1.54) is 0 Å². The molecule has 76 valence electrons. The topological polar surface area (TPSA) is 39.1 Å². The fraction of sp³-hybridized carbons (Fsp3) is 0.900. The third-order valence-corrected chi connectivity index (χ3v) is 2.05. The molecule has 0 bridgehead atoms. The normalized spacial score (nSPS) is 12.8. The van der Waals surface area contributed by atoms with E-state index in [2.05, 4.69) is 30.1 Å². The van der Waals surface area contributed by atoms with E-state index in [-0.39, 0.29) is 5.92 Å². The van der Waals surface area contributed by atoms with Gasteiger partial charge in [-0.2, -0.15) is 5.26 Å². The lowest BCUT2D eigenvalue weighted by Crippen LogP contribution is -2.34. The first-order chi connectivity index (χ1) is 6.24. The van der Waals surface area contributed by atoms with Crippen LogP contribution in [0, 0.1) is 17.2 Å². The summed E-state index contributed by atoms with van der Waals surface area (Å²) in [6, 6.07) is 2.26. The lowest BCUT2D eigenvalue weighted by molar-refractivity contribution is 0.269. The SMILES string of the molecule is CCNCCN(CC)CC(C)C#N. The Bertz CT molecular complexity index is 151. The average Bonchev–Trinajstić information content (AvgIpc) is 2.16. The number of hydrogen-bond acceptors (Lipinski definition) is 3. The molecule has 1 unspecified atom stereocenters. The number of hydrogen-bond donors (Lipinski definition) is 1. The Morgan fingerprint density at radius 1 is 1.46 bits per heavy atom. The van der Waals surface area contributed by atoms with Crippen molar-refractivity contribution in [1.82, 2.24) is 10.2 Å². The molecule has 0 amide bonds. The van der Waals surface area contributed by atoms with Gasteiger partial charge in [-0.25, -0.2) is 0 Å². The van der Waals surface area contributed by atoms with Crippen LogP contribution in [0.4, 0.5) is 0 Å². The van der Waals surface area contributed by atoms with Gasteiger partial charge in [-0.05, 0) is 20.0 Å². The minimum Gasteiger partial charge on any atom is -0.316 e. The van der Waals surface area contributed by atoms with Crippen LogP contribution in [-0.4, -0.2) is 37.6 Å². The van der Waals surface area contributed by atoms with Crippen LogP contribution in [0.15, 0.2) is 0 Å². The molecule has 0 radical (unpaired) electrons. The van der Waals surface area contributed by atoms with Gasteiger partial charge in [0.1, 0.15) is 0 Å². The predicted octanol–water partition coefficient (Wildman–Crippen LogP) is 1.08. The zero-order valence-electron chi connectivity index (χ0n) is 9.01. The predicted molar refractivity (Wildman–Crippen MR) is 55.4 cm³/mol. The molecule has 0 saturated heterocycles. The molecular weight excluding hydrogens is 162 g/mol. The highest BCUT2D eigenvalue weighted by atomic mass is 15.1. The van der Waals surface area contributed by atoms with E-state index in [1.54, 1.807) is 0 Å². The lowest BCUT2D eigenvalue weighted by Gasteiger charge is -2.21. The van der Waals surface area contributed by atoms with Gasteiger partial charge in [-0.15, -0.1) is 0 Å². The molecule has 0 fully saturated rings. The van der Waals surface area contributed by atoms with Crippen molar-refractivity contribution >= 4 is 0 Å². The molecule has 0 aliphatic rings. The van der Waals surface area contributed by atoms with Gasteiger partial charge in [0.2, 0.25) is 0 Å². The second-order valence-corrected chi connectivity index (χ2v) is 3.28. The van der Waals surface area contributed by atoms with Gasteiger partial charge in [0.25, 0.3) is 0 Å². The summed E-state index contributed by atoms with van der Waals surface area (Å²) in [6.07, 6.45) is 0. The fourth-order valence-electron chi connectivity index (χ4n) is 1.22.